The van der Waals surface area contributed by atoms with E-state index in [0.29, 0.717) is 6.54 Å². The van der Waals surface area contributed by atoms with Crippen LogP contribution in [0.25, 0.3) is 0 Å². The van der Waals surface area contributed by atoms with Gasteiger partial charge < -0.3 is 19.9 Å². The van der Waals surface area contributed by atoms with E-state index in [4.69, 9.17) is 26.2 Å². The number of benzene rings is 1. The molecule has 1 rings (SSSR count). The van der Waals surface area contributed by atoms with E-state index in [-0.39, 0.29) is 34.6 Å². The SMILES string of the molecule is CCNC(=O)COc1c(OC)cc(Cl)cc1C(=O)O. The fourth-order valence-corrected chi connectivity index (χ4v) is 1.62. The van der Waals surface area contributed by atoms with Crippen LogP contribution in [-0.4, -0.2) is 37.2 Å². The zero-order valence-corrected chi connectivity index (χ0v) is 11.3. The highest BCUT2D eigenvalue weighted by atomic mass is 35.5. The molecule has 0 fully saturated rings. The van der Waals surface area contributed by atoms with Gasteiger partial charge in [-0.15, -0.1) is 0 Å². The van der Waals surface area contributed by atoms with E-state index >= 15 is 0 Å². The molecule has 0 aliphatic rings. The molecule has 0 radical (unpaired) electrons. The quantitative estimate of drug-likeness (QED) is 0.829. The van der Waals surface area contributed by atoms with Crippen LogP contribution < -0.4 is 14.8 Å². The molecule has 0 saturated carbocycles. The van der Waals surface area contributed by atoms with E-state index in [1.165, 1.54) is 19.2 Å². The van der Waals surface area contributed by atoms with E-state index in [0.717, 1.165) is 0 Å². The Morgan fingerprint density at radius 2 is 2.11 bits per heavy atom. The van der Waals surface area contributed by atoms with Crippen molar-refractivity contribution in [1.29, 1.82) is 0 Å². The smallest absolute Gasteiger partial charge is 0.339 e. The molecule has 0 aromatic heterocycles. The fraction of sp³-hybridized carbons (Fsp3) is 0.333. The molecule has 0 bridgehead atoms. The van der Waals surface area contributed by atoms with Crippen LogP contribution in [0.3, 0.4) is 0 Å². The van der Waals surface area contributed by atoms with Gasteiger partial charge in [0.05, 0.1) is 7.11 Å². The Labute approximate surface area is 115 Å². The first kappa shape index (κ1) is 15.1. The van der Waals surface area contributed by atoms with E-state index in [1.54, 1.807) is 6.92 Å². The molecule has 0 atom stereocenters. The lowest BCUT2D eigenvalue weighted by molar-refractivity contribution is -0.123. The van der Waals surface area contributed by atoms with Crippen molar-refractivity contribution in [3.8, 4) is 11.5 Å². The van der Waals surface area contributed by atoms with E-state index < -0.39 is 5.97 Å². The summed E-state index contributed by atoms with van der Waals surface area (Å²) in [6, 6.07) is 2.65. The summed E-state index contributed by atoms with van der Waals surface area (Å²) in [5.41, 5.74) is -0.159. The topological polar surface area (TPSA) is 84.9 Å². The zero-order chi connectivity index (χ0) is 14.4. The van der Waals surface area contributed by atoms with Crippen molar-refractivity contribution < 1.29 is 24.2 Å². The Morgan fingerprint density at radius 1 is 1.42 bits per heavy atom. The molecule has 104 valence electrons. The molecular weight excluding hydrogens is 274 g/mol. The largest absolute Gasteiger partial charge is 0.493 e. The normalized spacial score (nSPS) is 9.84. The first-order valence-corrected chi connectivity index (χ1v) is 5.87. The third-order valence-corrected chi connectivity index (χ3v) is 2.41. The predicted molar refractivity (Wildman–Crippen MR) is 69.1 cm³/mol. The summed E-state index contributed by atoms with van der Waals surface area (Å²) in [4.78, 5) is 22.4. The van der Waals surface area contributed by atoms with Gasteiger partial charge in [0, 0.05) is 17.6 Å². The number of rotatable bonds is 6. The maximum Gasteiger partial charge on any atom is 0.339 e. The van der Waals surface area contributed by atoms with Gasteiger partial charge >= 0.3 is 5.97 Å². The molecule has 0 aliphatic carbocycles. The average molecular weight is 288 g/mol. The van der Waals surface area contributed by atoms with Gasteiger partial charge in [-0.25, -0.2) is 4.79 Å². The Kier molecular flexibility index (Phi) is 5.44. The Balaban J connectivity index is 3.02. The highest BCUT2D eigenvalue weighted by Crippen LogP contribution is 2.34. The van der Waals surface area contributed by atoms with Gasteiger partial charge in [0.2, 0.25) is 0 Å². The molecule has 0 spiro atoms. The van der Waals surface area contributed by atoms with E-state index in [9.17, 15) is 9.59 Å². The fourth-order valence-electron chi connectivity index (χ4n) is 1.41. The van der Waals surface area contributed by atoms with Gasteiger partial charge in [-0.2, -0.15) is 0 Å². The first-order chi connectivity index (χ1) is 8.99. The lowest BCUT2D eigenvalue weighted by atomic mass is 10.2. The van der Waals surface area contributed by atoms with Crippen molar-refractivity contribution in [2.45, 2.75) is 6.92 Å². The van der Waals surface area contributed by atoms with Crippen LogP contribution in [-0.2, 0) is 4.79 Å². The second-order valence-electron chi connectivity index (χ2n) is 3.53. The van der Waals surface area contributed by atoms with E-state index in [1.807, 2.05) is 0 Å². The number of carboxylic acid groups (broad SMARTS) is 1. The van der Waals surface area contributed by atoms with Crippen LogP contribution in [0.15, 0.2) is 12.1 Å². The Bertz CT molecular complexity index is 489. The standard InChI is InChI=1S/C12H14ClNO5/c1-3-14-10(15)6-19-11-8(12(16)17)4-7(13)5-9(11)18-2/h4-5H,3,6H2,1-2H3,(H,14,15)(H,16,17). The molecule has 2 N–H and O–H groups in total. The number of carbonyl (C=O) groups excluding carboxylic acids is 1. The number of ether oxygens (including phenoxy) is 2. The van der Waals surface area contributed by atoms with Crippen molar-refractivity contribution in [2.24, 2.45) is 0 Å². The molecular formula is C12H14ClNO5. The summed E-state index contributed by atoms with van der Waals surface area (Å²) in [6.07, 6.45) is 0. The predicted octanol–water partition coefficient (Wildman–Crippen LogP) is 1.56. The van der Waals surface area contributed by atoms with Crippen LogP contribution in [0.2, 0.25) is 5.02 Å². The first-order valence-electron chi connectivity index (χ1n) is 5.49. The molecule has 0 unspecified atom stereocenters. The third kappa shape index (κ3) is 4.03. The van der Waals surface area contributed by atoms with Crippen molar-refractivity contribution in [3.05, 3.63) is 22.7 Å². The van der Waals surface area contributed by atoms with Crippen molar-refractivity contribution >= 4 is 23.5 Å². The lowest BCUT2D eigenvalue weighted by Crippen LogP contribution is -2.28. The number of halogens is 1. The highest BCUT2D eigenvalue weighted by molar-refractivity contribution is 6.31. The van der Waals surface area contributed by atoms with Gasteiger partial charge in [0.15, 0.2) is 18.1 Å². The molecule has 6 nitrogen and oxygen atoms in total. The van der Waals surface area contributed by atoms with Gasteiger partial charge in [0.25, 0.3) is 5.91 Å². The molecule has 0 saturated heterocycles. The minimum Gasteiger partial charge on any atom is -0.493 e. The summed E-state index contributed by atoms with van der Waals surface area (Å²) in [7, 11) is 1.36. The van der Waals surface area contributed by atoms with Crippen LogP contribution in [0.1, 0.15) is 17.3 Å². The minimum absolute atomic E-state index is 0.0225. The van der Waals surface area contributed by atoms with E-state index in [2.05, 4.69) is 5.32 Å². The number of amides is 1. The second kappa shape index (κ2) is 6.84. The number of likely N-dealkylation sites (N-methyl/N-ethyl adjacent to an activating group) is 1. The molecule has 1 amide bonds. The molecule has 0 aliphatic heterocycles. The summed E-state index contributed by atoms with van der Waals surface area (Å²) < 4.78 is 10.2. The number of nitrogens with one attached hydrogen (secondary N) is 1. The van der Waals surface area contributed by atoms with Gasteiger partial charge in [-0.3, -0.25) is 4.79 Å². The molecule has 1 aromatic rings. The maximum atomic E-state index is 11.3. The van der Waals surface area contributed by atoms with Gasteiger partial charge in [-0.1, -0.05) is 11.6 Å². The summed E-state index contributed by atoms with van der Waals surface area (Å²) >= 11 is 5.78. The van der Waals surface area contributed by atoms with Gasteiger partial charge in [0.1, 0.15) is 5.56 Å². The lowest BCUT2D eigenvalue weighted by Gasteiger charge is -2.13. The summed E-state index contributed by atoms with van der Waals surface area (Å²) in [5, 5.41) is 11.8. The van der Waals surface area contributed by atoms with Crippen molar-refractivity contribution in [2.75, 3.05) is 20.3 Å². The van der Waals surface area contributed by atoms with Crippen molar-refractivity contribution in [3.63, 3.8) is 0 Å². The number of hydrogen-bond donors (Lipinski definition) is 2. The van der Waals surface area contributed by atoms with Crippen molar-refractivity contribution in [1.82, 2.24) is 5.32 Å². The molecule has 7 heteroatoms. The number of hydrogen-bond acceptors (Lipinski definition) is 4. The van der Waals surface area contributed by atoms with Crippen LogP contribution >= 0.6 is 11.6 Å². The Morgan fingerprint density at radius 3 is 2.63 bits per heavy atom. The monoisotopic (exact) mass is 287 g/mol. The number of carbonyl (C=O) groups is 2. The molecule has 1 aromatic carbocycles. The van der Waals surface area contributed by atoms with Crippen LogP contribution in [0.4, 0.5) is 0 Å². The third-order valence-electron chi connectivity index (χ3n) is 2.19. The second-order valence-corrected chi connectivity index (χ2v) is 3.97. The highest BCUT2D eigenvalue weighted by Gasteiger charge is 2.19. The number of aromatic carboxylic acids is 1. The summed E-state index contributed by atoms with van der Waals surface area (Å²) in [5.74, 6) is -1.43. The average Bonchev–Trinajstić information content (AvgIpc) is 2.36. The zero-order valence-electron chi connectivity index (χ0n) is 10.5. The Hall–Kier alpha value is -1.95. The van der Waals surface area contributed by atoms with Crippen LogP contribution in [0.5, 0.6) is 11.5 Å². The number of methoxy groups -OCH3 is 1. The van der Waals surface area contributed by atoms with Crippen LogP contribution in [0, 0.1) is 0 Å². The molecule has 0 heterocycles. The summed E-state index contributed by atoms with van der Waals surface area (Å²) in [6.45, 7) is 1.93. The number of carboxylic acids is 1. The maximum absolute atomic E-state index is 11.3. The minimum atomic E-state index is -1.22. The molecule has 19 heavy (non-hydrogen) atoms. The van der Waals surface area contributed by atoms with Gasteiger partial charge in [-0.05, 0) is 13.0 Å².